The van der Waals surface area contributed by atoms with Gasteiger partial charge in [0.05, 0.1) is 0 Å². The molecule has 6 nitrogen and oxygen atoms in total. The summed E-state index contributed by atoms with van der Waals surface area (Å²) in [5.41, 5.74) is 1.42. The Morgan fingerprint density at radius 1 is 1.07 bits per heavy atom. The molecule has 2 aromatic rings. The molecule has 2 unspecified atom stereocenters. The number of nitrogens with zero attached hydrogens (tertiary/aromatic N) is 5. The van der Waals surface area contributed by atoms with Gasteiger partial charge in [0.1, 0.15) is 0 Å². The van der Waals surface area contributed by atoms with Crippen LogP contribution in [0.25, 0.3) is 0 Å². The molecule has 0 bridgehead atoms. The van der Waals surface area contributed by atoms with E-state index < -0.39 is 0 Å². The number of aromatic nitrogens is 2. The van der Waals surface area contributed by atoms with E-state index in [1.165, 1.54) is 12.0 Å². The molecule has 1 saturated heterocycles. The van der Waals surface area contributed by atoms with Gasteiger partial charge in [-0.3, -0.25) is 4.99 Å². The molecule has 4 rings (SSSR count). The molecule has 144 valence electrons. The summed E-state index contributed by atoms with van der Waals surface area (Å²) in [4.78, 5) is 18.1. The monoisotopic (exact) mass is 478 g/mol. The number of piperazine rings is 1. The molecule has 27 heavy (non-hydrogen) atoms. The van der Waals surface area contributed by atoms with Crippen LogP contribution in [-0.4, -0.2) is 59.6 Å². The zero-order valence-corrected chi connectivity index (χ0v) is 18.0. The highest BCUT2D eigenvalue weighted by atomic mass is 127. The Hall–Kier alpha value is -1.90. The Morgan fingerprint density at radius 3 is 2.44 bits per heavy atom. The Morgan fingerprint density at radius 2 is 1.78 bits per heavy atom. The fraction of sp³-hybridized carbons (Fsp3) is 0.450. The summed E-state index contributed by atoms with van der Waals surface area (Å²) in [7, 11) is 0. The van der Waals surface area contributed by atoms with Gasteiger partial charge in [0.15, 0.2) is 5.96 Å². The first-order chi connectivity index (χ1) is 12.8. The van der Waals surface area contributed by atoms with Crippen molar-refractivity contribution in [1.29, 1.82) is 0 Å². The predicted octanol–water partition coefficient (Wildman–Crippen LogP) is 2.74. The van der Waals surface area contributed by atoms with Crippen molar-refractivity contribution in [1.82, 2.24) is 20.2 Å². The summed E-state index contributed by atoms with van der Waals surface area (Å²) in [6.45, 7) is 6.60. The van der Waals surface area contributed by atoms with E-state index in [2.05, 4.69) is 62.3 Å². The zero-order chi connectivity index (χ0) is 17.8. The first-order valence-electron chi connectivity index (χ1n) is 9.48. The molecule has 2 aliphatic rings. The SMILES string of the molecule is CCN=C(NC1CC1c1ccccc1)N1CCN(c2ncccn2)CC1.I. The van der Waals surface area contributed by atoms with E-state index in [1.807, 2.05) is 6.07 Å². The second-order valence-electron chi connectivity index (χ2n) is 6.82. The Balaban J connectivity index is 0.00000210. The van der Waals surface area contributed by atoms with Gasteiger partial charge >= 0.3 is 0 Å². The fourth-order valence-electron chi connectivity index (χ4n) is 3.55. The summed E-state index contributed by atoms with van der Waals surface area (Å²) in [5, 5.41) is 3.69. The van der Waals surface area contributed by atoms with Crippen LogP contribution >= 0.6 is 24.0 Å². The van der Waals surface area contributed by atoms with Gasteiger partial charge < -0.3 is 15.1 Å². The van der Waals surface area contributed by atoms with Crippen molar-refractivity contribution >= 4 is 35.9 Å². The summed E-state index contributed by atoms with van der Waals surface area (Å²) in [6.07, 6.45) is 4.79. The normalized spacial score (nSPS) is 22.2. The third-order valence-electron chi connectivity index (χ3n) is 5.05. The largest absolute Gasteiger partial charge is 0.353 e. The van der Waals surface area contributed by atoms with Gasteiger partial charge in [0, 0.05) is 57.1 Å². The number of halogens is 1. The maximum absolute atomic E-state index is 4.74. The lowest BCUT2D eigenvalue weighted by molar-refractivity contribution is 0.369. The minimum absolute atomic E-state index is 0. The van der Waals surface area contributed by atoms with Crippen LogP contribution in [0.3, 0.4) is 0 Å². The van der Waals surface area contributed by atoms with E-state index in [-0.39, 0.29) is 24.0 Å². The zero-order valence-electron chi connectivity index (χ0n) is 15.7. The van der Waals surface area contributed by atoms with Crippen molar-refractivity contribution in [3.63, 3.8) is 0 Å². The maximum Gasteiger partial charge on any atom is 0.225 e. The molecule has 0 spiro atoms. The molecule has 0 radical (unpaired) electrons. The number of hydrogen-bond donors (Lipinski definition) is 1. The molecule has 2 heterocycles. The molecular formula is C20H27IN6. The molecule has 7 heteroatoms. The van der Waals surface area contributed by atoms with E-state index >= 15 is 0 Å². The highest BCUT2D eigenvalue weighted by Crippen LogP contribution is 2.40. The van der Waals surface area contributed by atoms with E-state index in [9.17, 15) is 0 Å². The number of guanidine groups is 1. The minimum atomic E-state index is 0. The van der Waals surface area contributed by atoms with Gasteiger partial charge in [0.2, 0.25) is 5.95 Å². The van der Waals surface area contributed by atoms with E-state index in [0.717, 1.165) is 44.6 Å². The number of benzene rings is 1. The van der Waals surface area contributed by atoms with Crippen molar-refractivity contribution in [3.05, 3.63) is 54.4 Å². The molecule has 1 aromatic carbocycles. The van der Waals surface area contributed by atoms with Gasteiger partial charge in [-0.15, -0.1) is 24.0 Å². The summed E-state index contributed by atoms with van der Waals surface area (Å²) in [6, 6.07) is 13.1. The fourth-order valence-corrected chi connectivity index (χ4v) is 3.55. The lowest BCUT2D eigenvalue weighted by Crippen LogP contribution is -2.53. The van der Waals surface area contributed by atoms with Crippen LogP contribution < -0.4 is 10.2 Å². The van der Waals surface area contributed by atoms with Crippen LogP contribution in [-0.2, 0) is 0 Å². The molecule has 1 N–H and O–H groups in total. The van der Waals surface area contributed by atoms with Crippen LogP contribution in [0.4, 0.5) is 5.95 Å². The number of rotatable bonds is 4. The van der Waals surface area contributed by atoms with Crippen LogP contribution in [0.2, 0.25) is 0 Å². The van der Waals surface area contributed by atoms with Crippen molar-refractivity contribution < 1.29 is 0 Å². The Bertz CT molecular complexity index is 731. The molecule has 1 aliphatic carbocycles. The van der Waals surface area contributed by atoms with Crippen LogP contribution in [0.15, 0.2) is 53.8 Å². The molecule has 2 atom stereocenters. The first kappa shape index (κ1) is 19.9. The maximum atomic E-state index is 4.74. The number of aliphatic imine (C=N–C) groups is 1. The second kappa shape index (κ2) is 9.34. The van der Waals surface area contributed by atoms with E-state index in [4.69, 9.17) is 4.99 Å². The quantitative estimate of drug-likeness (QED) is 0.416. The lowest BCUT2D eigenvalue weighted by atomic mass is 10.1. The minimum Gasteiger partial charge on any atom is -0.353 e. The predicted molar refractivity (Wildman–Crippen MR) is 120 cm³/mol. The van der Waals surface area contributed by atoms with Gasteiger partial charge in [0.25, 0.3) is 0 Å². The number of anilines is 1. The summed E-state index contributed by atoms with van der Waals surface area (Å²) < 4.78 is 0. The molecule has 1 aromatic heterocycles. The molecule has 0 amide bonds. The molecule has 1 saturated carbocycles. The smallest absolute Gasteiger partial charge is 0.225 e. The molecule has 2 fully saturated rings. The summed E-state index contributed by atoms with van der Waals surface area (Å²) in [5.74, 6) is 2.47. The van der Waals surface area contributed by atoms with Crippen LogP contribution in [0.1, 0.15) is 24.8 Å². The average molecular weight is 478 g/mol. The Labute approximate surface area is 178 Å². The average Bonchev–Trinajstić information content (AvgIpc) is 3.48. The van der Waals surface area contributed by atoms with Gasteiger partial charge in [-0.2, -0.15) is 0 Å². The highest BCUT2D eigenvalue weighted by Gasteiger charge is 2.39. The lowest BCUT2D eigenvalue weighted by Gasteiger charge is -2.36. The molecular weight excluding hydrogens is 451 g/mol. The third kappa shape index (κ3) is 4.88. The van der Waals surface area contributed by atoms with Crippen LogP contribution in [0.5, 0.6) is 0 Å². The molecule has 1 aliphatic heterocycles. The van der Waals surface area contributed by atoms with Gasteiger partial charge in [-0.25, -0.2) is 9.97 Å². The second-order valence-corrected chi connectivity index (χ2v) is 6.82. The van der Waals surface area contributed by atoms with Crippen molar-refractivity contribution in [2.24, 2.45) is 4.99 Å². The van der Waals surface area contributed by atoms with E-state index in [1.54, 1.807) is 12.4 Å². The van der Waals surface area contributed by atoms with Crippen molar-refractivity contribution in [2.45, 2.75) is 25.3 Å². The topological polar surface area (TPSA) is 56.7 Å². The van der Waals surface area contributed by atoms with Gasteiger partial charge in [-0.1, -0.05) is 30.3 Å². The summed E-state index contributed by atoms with van der Waals surface area (Å²) >= 11 is 0. The van der Waals surface area contributed by atoms with Crippen molar-refractivity contribution in [2.75, 3.05) is 37.6 Å². The Kier molecular flexibility index (Phi) is 6.87. The third-order valence-corrected chi connectivity index (χ3v) is 5.05. The number of nitrogens with one attached hydrogen (secondary N) is 1. The standard InChI is InChI=1S/C20H26N6.HI/c1-2-21-20(24-18-15-17(18)16-7-4-3-5-8-16)26-13-11-25(12-14-26)19-22-9-6-10-23-19;/h3-10,17-18H,2,11-15H2,1H3,(H,21,24);1H. The van der Waals surface area contributed by atoms with Crippen molar-refractivity contribution in [3.8, 4) is 0 Å². The van der Waals surface area contributed by atoms with Crippen LogP contribution in [0, 0.1) is 0 Å². The number of hydrogen-bond acceptors (Lipinski definition) is 4. The first-order valence-corrected chi connectivity index (χ1v) is 9.48. The van der Waals surface area contributed by atoms with E-state index in [0.29, 0.717) is 12.0 Å². The van der Waals surface area contributed by atoms with Gasteiger partial charge in [-0.05, 0) is 25.0 Å². The highest BCUT2D eigenvalue weighted by molar-refractivity contribution is 14.0.